The van der Waals surface area contributed by atoms with Crippen molar-refractivity contribution in [2.75, 3.05) is 11.1 Å². The number of thiophene rings is 1. The number of nitrogens with one attached hydrogen (secondary N) is 1. The lowest BCUT2D eigenvalue weighted by Crippen LogP contribution is -2.07. The number of hydrogen-bond acceptors (Lipinski definition) is 5. The number of nitrogens with two attached hydrogens (primary N) is 1. The summed E-state index contributed by atoms with van der Waals surface area (Å²) >= 11 is 1.63. The van der Waals surface area contributed by atoms with Crippen LogP contribution in [0.15, 0.2) is 35.0 Å². The van der Waals surface area contributed by atoms with Crippen LogP contribution >= 0.6 is 11.3 Å². The van der Waals surface area contributed by atoms with Crippen molar-refractivity contribution in [1.82, 2.24) is 0 Å². The number of rotatable bonds is 4. The van der Waals surface area contributed by atoms with Crippen molar-refractivity contribution in [2.45, 2.75) is 13.0 Å². The molecule has 0 bridgehead atoms. The van der Waals surface area contributed by atoms with Crippen molar-refractivity contribution < 1.29 is 4.92 Å². The van der Waals surface area contributed by atoms with Gasteiger partial charge in [0.1, 0.15) is 0 Å². The van der Waals surface area contributed by atoms with Gasteiger partial charge in [0, 0.05) is 18.2 Å². The highest BCUT2D eigenvalue weighted by molar-refractivity contribution is 7.07. The predicted octanol–water partition coefficient (Wildman–Crippen LogP) is 3.41. The maximum atomic E-state index is 10.6. The second kappa shape index (κ2) is 5.05. The highest BCUT2D eigenvalue weighted by Crippen LogP contribution is 2.28. The number of nitro groups is 1. The topological polar surface area (TPSA) is 81.2 Å². The van der Waals surface area contributed by atoms with Crippen LogP contribution in [-0.2, 0) is 0 Å². The molecule has 1 aromatic carbocycles. The Hall–Kier alpha value is -2.08. The lowest BCUT2D eigenvalue weighted by molar-refractivity contribution is -0.384. The first-order chi connectivity index (χ1) is 8.58. The summed E-state index contributed by atoms with van der Waals surface area (Å²) in [6.45, 7) is 2.02. The molecular weight excluding hydrogens is 250 g/mol. The summed E-state index contributed by atoms with van der Waals surface area (Å²) in [6, 6.07) is 6.59. The Balaban J connectivity index is 2.17. The molecule has 94 valence electrons. The van der Waals surface area contributed by atoms with Crippen molar-refractivity contribution >= 4 is 28.4 Å². The molecule has 18 heavy (non-hydrogen) atoms. The first-order valence-corrected chi connectivity index (χ1v) is 6.35. The van der Waals surface area contributed by atoms with Gasteiger partial charge in [0.25, 0.3) is 5.69 Å². The molecule has 5 nitrogen and oxygen atoms in total. The molecule has 0 saturated carbocycles. The maximum Gasteiger partial charge on any atom is 0.271 e. The van der Waals surface area contributed by atoms with Crippen molar-refractivity contribution in [2.24, 2.45) is 0 Å². The summed E-state index contributed by atoms with van der Waals surface area (Å²) in [5.74, 6) is 0. The van der Waals surface area contributed by atoms with Gasteiger partial charge in [-0.05, 0) is 35.4 Å². The first-order valence-electron chi connectivity index (χ1n) is 5.40. The molecular formula is C12H13N3O2S. The molecule has 1 aromatic heterocycles. The average Bonchev–Trinajstić information content (AvgIpc) is 2.85. The van der Waals surface area contributed by atoms with Gasteiger partial charge in [-0.1, -0.05) is 0 Å². The molecule has 0 spiro atoms. The van der Waals surface area contributed by atoms with E-state index in [9.17, 15) is 10.1 Å². The summed E-state index contributed by atoms with van der Waals surface area (Å²) in [4.78, 5) is 10.1. The number of nitrogens with zero attached hydrogens (tertiary/aromatic N) is 1. The summed E-state index contributed by atoms with van der Waals surface area (Å²) in [5, 5.41) is 17.9. The number of nitrogen functional groups attached to an aromatic ring is 1. The maximum absolute atomic E-state index is 10.6. The molecule has 0 aliphatic heterocycles. The number of non-ortho nitro benzene ring substituents is 1. The monoisotopic (exact) mass is 263 g/mol. The van der Waals surface area contributed by atoms with Crippen LogP contribution in [0.2, 0.25) is 0 Å². The lowest BCUT2D eigenvalue weighted by Gasteiger charge is -2.15. The fourth-order valence-electron chi connectivity index (χ4n) is 1.63. The van der Waals surface area contributed by atoms with E-state index in [-0.39, 0.29) is 11.7 Å². The van der Waals surface area contributed by atoms with E-state index in [0.717, 1.165) is 5.56 Å². The average molecular weight is 263 g/mol. The van der Waals surface area contributed by atoms with Crippen LogP contribution in [0.5, 0.6) is 0 Å². The third kappa shape index (κ3) is 2.60. The summed E-state index contributed by atoms with van der Waals surface area (Å²) in [5.41, 5.74) is 8.05. The minimum atomic E-state index is -0.456. The molecule has 0 aliphatic rings. The highest BCUT2D eigenvalue weighted by Gasteiger charge is 2.11. The molecule has 0 radical (unpaired) electrons. The molecule has 1 heterocycles. The molecule has 3 N–H and O–H groups in total. The van der Waals surface area contributed by atoms with Crippen LogP contribution in [0.4, 0.5) is 17.1 Å². The molecule has 1 atom stereocenters. The van der Waals surface area contributed by atoms with E-state index in [2.05, 4.69) is 10.7 Å². The molecule has 0 saturated heterocycles. The van der Waals surface area contributed by atoms with Crippen LogP contribution in [0.1, 0.15) is 18.5 Å². The number of hydrogen-bond donors (Lipinski definition) is 2. The number of benzene rings is 1. The Labute approximate surface area is 108 Å². The van der Waals surface area contributed by atoms with Crippen molar-refractivity contribution in [3.05, 3.63) is 50.7 Å². The van der Waals surface area contributed by atoms with Gasteiger partial charge < -0.3 is 11.1 Å². The van der Waals surface area contributed by atoms with Crippen LogP contribution < -0.4 is 11.1 Å². The van der Waals surface area contributed by atoms with Gasteiger partial charge in [-0.25, -0.2) is 0 Å². The second-order valence-electron chi connectivity index (χ2n) is 3.95. The van der Waals surface area contributed by atoms with E-state index in [4.69, 9.17) is 5.73 Å². The first kappa shape index (κ1) is 12.4. The zero-order valence-electron chi connectivity index (χ0n) is 9.79. The molecule has 0 aliphatic carbocycles. The van der Waals surface area contributed by atoms with Crippen molar-refractivity contribution in [3.8, 4) is 0 Å². The van der Waals surface area contributed by atoms with E-state index < -0.39 is 4.92 Å². The molecule has 2 aromatic rings. The van der Waals surface area contributed by atoms with Crippen molar-refractivity contribution in [1.29, 1.82) is 0 Å². The van der Waals surface area contributed by atoms with Crippen molar-refractivity contribution in [3.63, 3.8) is 0 Å². The lowest BCUT2D eigenvalue weighted by atomic mass is 10.1. The van der Waals surface area contributed by atoms with Gasteiger partial charge in [0.2, 0.25) is 0 Å². The minimum absolute atomic E-state index is 0.00114. The van der Waals surface area contributed by atoms with E-state index in [1.165, 1.54) is 12.1 Å². The van der Waals surface area contributed by atoms with Crippen LogP contribution in [0.3, 0.4) is 0 Å². The summed E-state index contributed by atoms with van der Waals surface area (Å²) in [6.07, 6.45) is 0. The largest absolute Gasteiger partial charge is 0.397 e. The Kier molecular flexibility index (Phi) is 3.47. The third-order valence-corrected chi connectivity index (χ3v) is 3.36. The molecule has 2 rings (SSSR count). The number of nitro benzene ring substituents is 1. The Morgan fingerprint density at radius 1 is 1.44 bits per heavy atom. The molecule has 0 amide bonds. The predicted molar refractivity (Wildman–Crippen MR) is 73.9 cm³/mol. The van der Waals surface area contributed by atoms with E-state index in [0.29, 0.717) is 11.4 Å². The molecule has 1 unspecified atom stereocenters. The Morgan fingerprint density at radius 2 is 2.22 bits per heavy atom. The smallest absolute Gasteiger partial charge is 0.271 e. The molecule has 6 heteroatoms. The minimum Gasteiger partial charge on any atom is -0.397 e. The third-order valence-electron chi connectivity index (χ3n) is 2.66. The van der Waals surface area contributed by atoms with Crippen LogP contribution in [0, 0.1) is 10.1 Å². The van der Waals surface area contributed by atoms with Gasteiger partial charge in [0.15, 0.2) is 0 Å². The fourth-order valence-corrected chi connectivity index (χ4v) is 2.39. The molecule has 0 fully saturated rings. The van der Waals surface area contributed by atoms with Crippen LogP contribution in [0.25, 0.3) is 0 Å². The van der Waals surface area contributed by atoms with Crippen LogP contribution in [-0.4, -0.2) is 4.92 Å². The van der Waals surface area contributed by atoms with E-state index in [1.807, 2.05) is 18.4 Å². The van der Waals surface area contributed by atoms with Gasteiger partial charge in [-0.2, -0.15) is 11.3 Å². The van der Waals surface area contributed by atoms with Gasteiger partial charge in [-0.15, -0.1) is 0 Å². The zero-order valence-corrected chi connectivity index (χ0v) is 10.6. The summed E-state index contributed by atoms with van der Waals surface area (Å²) in [7, 11) is 0. The standard InChI is InChI=1S/C12H13N3O2S/c1-8(9-4-5-18-7-9)14-12-3-2-10(15(16)17)6-11(12)13/h2-8,14H,13H2,1H3. The quantitative estimate of drug-likeness (QED) is 0.503. The summed E-state index contributed by atoms with van der Waals surface area (Å²) < 4.78 is 0. The Morgan fingerprint density at radius 3 is 2.78 bits per heavy atom. The zero-order chi connectivity index (χ0) is 13.1. The van der Waals surface area contributed by atoms with E-state index in [1.54, 1.807) is 17.4 Å². The Bertz CT molecular complexity index is 554. The SMILES string of the molecule is CC(Nc1ccc([N+](=O)[O-])cc1N)c1ccsc1. The van der Waals surface area contributed by atoms with Gasteiger partial charge in [0.05, 0.1) is 16.3 Å². The number of anilines is 2. The highest BCUT2D eigenvalue weighted by atomic mass is 32.1. The fraction of sp³-hybridized carbons (Fsp3) is 0.167. The van der Waals surface area contributed by atoms with Gasteiger partial charge >= 0.3 is 0 Å². The normalized spacial score (nSPS) is 12.1. The second-order valence-corrected chi connectivity index (χ2v) is 4.73. The van der Waals surface area contributed by atoms with Gasteiger partial charge in [-0.3, -0.25) is 10.1 Å². The van der Waals surface area contributed by atoms with E-state index >= 15 is 0 Å².